The van der Waals surface area contributed by atoms with E-state index in [0.717, 1.165) is 11.4 Å². The molecule has 1 unspecified atom stereocenters. The lowest BCUT2D eigenvalue weighted by Gasteiger charge is -2.17. The molecule has 0 fully saturated rings. The lowest BCUT2D eigenvalue weighted by Crippen LogP contribution is -2.26. The molecule has 0 aromatic heterocycles. The van der Waals surface area contributed by atoms with E-state index in [-0.39, 0.29) is 19.1 Å². The average Bonchev–Trinajstić information content (AvgIpc) is 2.59. The average molecular weight is 300 g/mol. The van der Waals surface area contributed by atoms with Crippen LogP contribution in [0, 0.1) is 0 Å². The van der Waals surface area contributed by atoms with Crippen molar-refractivity contribution < 1.29 is 15.0 Å². The molecule has 22 heavy (non-hydrogen) atoms. The van der Waals surface area contributed by atoms with E-state index < -0.39 is 6.10 Å². The van der Waals surface area contributed by atoms with Crippen LogP contribution >= 0.6 is 0 Å². The molecule has 116 valence electrons. The van der Waals surface area contributed by atoms with Crippen LogP contribution in [0.25, 0.3) is 0 Å². The van der Waals surface area contributed by atoms with Gasteiger partial charge in [0.05, 0.1) is 12.7 Å². The van der Waals surface area contributed by atoms with Gasteiger partial charge in [0.1, 0.15) is 0 Å². The second kappa shape index (κ2) is 7.59. The first-order valence-electron chi connectivity index (χ1n) is 7.08. The SMILES string of the molecule is CN(C(=O)c1ccc(NCC(O)CO)cc1)c1ccccc1. The Morgan fingerprint density at radius 3 is 2.36 bits per heavy atom. The number of amides is 1. The Labute approximate surface area is 129 Å². The standard InChI is InChI=1S/C17H20N2O3/c1-19(15-5-3-2-4-6-15)17(22)13-7-9-14(10-8-13)18-11-16(21)12-20/h2-10,16,18,20-21H,11-12H2,1H3. The zero-order valence-corrected chi connectivity index (χ0v) is 12.4. The summed E-state index contributed by atoms with van der Waals surface area (Å²) >= 11 is 0. The van der Waals surface area contributed by atoms with Gasteiger partial charge in [-0.15, -0.1) is 0 Å². The Kier molecular flexibility index (Phi) is 5.52. The molecule has 1 atom stereocenters. The van der Waals surface area contributed by atoms with Crippen molar-refractivity contribution in [2.24, 2.45) is 0 Å². The molecule has 0 heterocycles. The Balaban J connectivity index is 2.02. The summed E-state index contributed by atoms with van der Waals surface area (Å²) in [4.78, 5) is 14.0. The van der Waals surface area contributed by atoms with Crippen molar-refractivity contribution in [1.82, 2.24) is 0 Å². The van der Waals surface area contributed by atoms with Gasteiger partial charge in [0.15, 0.2) is 0 Å². The maximum Gasteiger partial charge on any atom is 0.258 e. The van der Waals surface area contributed by atoms with Gasteiger partial charge in [-0.2, -0.15) is 0 Å². The quantitative estimate of drug-likeness (QED) is 0.759. The van der Waals surface area contributed by atoms with Crippen LogP contribution in [0.15, 0.2) is 54.6 Å². The summed E-state index contributed by atoms with van der Waals surface area (Å²) < 4.78 is 0. The molecule has 0 aliphatic heterocycles. The van der Waals surface area contributed by atoms with Crippen LogP contribution in [0.5, 0.6) is 0 Å². The number of benzene rings is 2. The van der Waals surface area contributed by atoms with Crippen molar-refractivity contribution >= 4 is 17.3 Å². The van der Waals surface area contributed by atoms with E-state index in [1.807, 2.05) is 30.3 Å². The van der Waals surface area contributed by atoms with Gasteiger partial charge in [-0.05, 0) is 36.4 Å². The summed E-state index contributed by atoms with van der Waals surface area (Å²) in [5, 5.41) is 21.0. The Hall–Kier alpha value is -2.37. The highest BCUT2D eigenvalue weighted by atomic mass is 16.3. The fourth-order valence-electron chi connectivity index (χ4n) is 1.99. The van der Waals surface area contributed by atoms with Gasteiger partial charge in [-0.25, -0.2) is 0 Å². The van der Waals surface area contributed by atoms with E-state index >= 15 is 0 Å². The zero-order chi connectivity index (χ0) is 15.9. The minimum Gasteiger partial charge on any atom is -0.394 e. The second-order valence-electron chi connectivity index (χ2n) is 4.99. The Morgan fingerprint density at radius 2 is 1.77 bits per heavy atom. The van der Waals surface area contributed by atoms with Crippen LogP contribution in [-0.4, -0.2) is 42.4 Å². The first-order chi connectivity index (χ1) is 10.6. The molecule has 0 radical (unpaired) electrons. The van der Waals surface area contributed by atoms with Crippen LogP contribution < -0.4 is 10.2 Å². The lowest BCUT2D eigenvalue weighted by atomic mass is 10.1. The van der Waals surface area contributed by atoms with Crippen LogP contribution in [0.3, 0.4) is 0 Å². The highest BCUT2D eigenvalue weighted by Crippen LogP contribution is 2.16. The first kappa shape index (κ1) is 16.0. The molecule has 2 rings (SSSR count). The maximum atomic E-state index is 12.4. The predicted molar refractivity (Wildman–Crippen MR) is 87.2 cm³/mol. The fraction of sp³-hybridized carbons (Fsp3) is 0.235. The van der Waals surface area contributed by atoms with E-state index in [2.05, 4.69) is 5.32 Å². The third-order valence-corrected chi connectivity index (χ3v) is 3.33. The third kappa shape index (κ3) is 4.07. The number of anilines is 2. The van der Waals surface area contributed by atoms with Crippen LogP contribution in [0.4, 0.5) is 11.4 Å². The van der Waals surface area contributed by atoms with Crippen molar-refractivity contribution in [3.8, 4) is 0 Å². The monoisotopic (exact) mass is 300 g/mol. The molecule has 1 amide bonds. The third-order valence-electron chi connectivity index (χ3n) is 3.33. The number of aliphatic hydroxyl groups excluding tert-OH is 2. The molecule has 0 aliphatic carbocycles. The second-order valence-corrected chi connectivity index (χ2v) is 4.99. The van der Waals surface area contributed by atoms with E-state index in [1.165, 1.54) is 0 Å². The van der Waals surface area contributed by atoms with Gasteiger partial charge in [-0.1, -0.05) is 18.2 Å². The van der Waals surface area contributed by atoms with E-state index in [9.17, 15) is 9.90 Å². The smallest absolute Gasteiger partial charge is 0.258 e. The van der Waals surface area contributed by atoms with Gasteiger partial charge in [0.25, 0.3) is 5.91 Å². The van der Waals surface area contributed by atoms with Gasteiger partial charge in [-0.3, -0.25) is 4.79 Å². The van der Waals surface area contributed by atoms with Gasteiger partial charge in [0, 0.05) is 30.5 Å². The molecule has 5 heteroatoms. The number of nitrogens with one attached hydrogen (secondary N) is 1. The molecule has 2 aromatic carbocycles. The molecule has 0 saturated carbocycles. The summed E-state index contributed by atoms with van der Waals surface area (Å²) in [6.45, 7) is -0.0286. The highest BCUT2D eigenvalue weighted by Gasteiger charge is 2.13. The minimum atomic E-state index is -0.800. The number of hydrogen-bond acceptors (Lipinski definition) is 4. The highest BCUT2D eigenvalue weighted by molar-refractivity contribution is 6.05. The molecular weight excluding hydrogens is 280 g/mol. The van der Waals surface area contributed by atoms with Crippen LogP contribution in [0.2, 0.25) is 0 Å². The number of hydrogen-bond donors (Lipinski definition) is 3. The molecule has 0 bridgehead atoms. The largest absolute Gasteiger partial charge is 0.394 e. The number of aliphatic hydroxyl groups is 2. The number of para-hydroxylation sites is 1. The Morgan fingerprint density at radius 1 is 1.14 bits per heavy atom. The van der Waals surface area contributed by atoms with Gasteiger partial charge in [0.2, 0.25) is 0 Å². The first-order valence-corrected chi connectivity index (χ1v) is 7.08. The van der Waals surface area contributed by atoms with Crippen molar-refractivity contribution in [3.05, 3.63) is 60.2 Å². The summed E-state index contributed by atoms with van der Waals surface area (Å²) in [6.07, 6.45) is -0.800. The fourth-order valence-corrected chi connectivity index (χ4v) is 1.99. The predicted octanol–water partition coefficient (Wildman–Crippen LogP) is 1.73. The van der Waals surface area contributed by atoms with E-state index in [1.54, 1.807) is 36.2 Å². The van der Waals surface area contributed by atoms with Gasteiger partial charge >= 0.3 is 0 Å². The van der Waals surface area contributed by atoms with Crippen LogP contribution in [0.1, 0.15) is 10.4 Å². The number of carbonyl (C=O) groups is 1. The minimum absolute atomic E-state index is 0.0897. The lowest BCUT2D eigenvalue weighted by molar-refractivity contribution is 0.0993. The molecule has 5 nitrogen and oxygen atoms in total. The zero-order valence-electron chi connectivity index (χ0n) is 12.4. The molecule has 0 saturated heterocycles. The normalized spacial score (nSPS) is 11.8. The van der Waals surface area contributed by atoms with Crippen molar-refractivity contribution in [3.63, 3.8) is 0 Å². The maximum absolute atomic E-state index is 12.4. The topological polar surface area (TPSA) is 72.8 Å². The summed E-state index contributed by atoms with van der Waals surface area (Å²) in [5.41, 5.74) is 2.20. The van der Waals surface area contributed by atoms with Crippen molar-refractivity contribution in [2.75, 3.05) is 30.4 Å². The van der Waals surface area contributed by atoms with E-state index in [4.69, 9.17) is 5.11 Å². The summed E-state index contributed by atoms with van der Waals surface area (Å²) in [5.74, 6) is -0.0897. The molecule has 3 N–H and O–H groups in total. The van der Waals surface area contributed by atoms with Crippen LogP contribution in [-0.2, 0) is 0 Å². The molecule has 0 spiro atoms. The van der Waals surface area contributed by atoms with Crippen molar-refractivity contribution in [1.29, 1.82) is 0 Å². The van der Waals surface area contributed by atoms with Crippen molar-refractivity contribution in [2.45, 2.75) is 6.10 Å². The number of carbonyl (C=O) groups excluding carboxylic acids is 1. The Bertz CT molecular complexity index is 599. The van der Waals surface area contributed by atoms with Gasteiger partial charge < -0.3 is 20.4 Å². The summed E-state index contributed by atoms with van der Waals surface area (Å²) in [6, 6.07) is 16.5. The number of nitrogens with zero attached hydrogens (tertiary/aromatic N) is 1. The molecule has 2 aromatic rings. The number of rotatable bonds is 6. The molecule has 0 aliphatic rings. The summed E-state index contributed by atoms with van der Waals surface area (Å²) in [7, 11) is 1.74. The molecular formula is C17H20N2O3. The van der Waals surface area contributed by atoms with E-state index in [0.29, 0.717) is 5.56 Å².